The van der Waals surface area contributed by atoms with Crippen LogP contribution >= 0.6 is 0 Å². The lowest BCUT2D eigenvalue weighted by Crippen LogP contribution is -2.13. The molecule has 0 aliphatic carbocycles. The standard InChI is InChI=1S/C8H10N2O3S/c1-10-6-3-4-7(13-2)8(5-6)14(9,11)12/h3-5H,1H2,2H3,(H2,9,11,12). The minimum atomic E-state index is -3.79. The summed E-state index contributed by atoms with van der Waals surface area (Å²) in [6.07, 6.45) is 0. The van der Waals surface area contributed by atoms with Crippen LogP contribution in [-0.2, 0) is 10.0 Å². The van der Waals surface area contributed by atoms with Gasteiger partial charge in [0.1, 0.15) is 10.6 Å². The molecule has 0 saturated heterocycles. The maximum Gasteiger partial charge on any atom is 0.241 e. The number of ether oxygens (including phenoxy) is 1. The van der Waals surface area contributed by atoms with Gasteiger partial charge in [0.25, 0.3) is 0 Å². The van der Waals surface area contributed by atoms with Crippen molar-refractivity contribution in [3.05, 3.63) is 30.6 Å². The van der Waals surface area contributed by atoms with Gasteiger partial charge in [-0.3, -0.25) is 0 Å². The molecule has 5 nitrogen and oxygen atoms in total. The Bertz CT molecular complexity index is 428. The molecule has 2 N–H and O–H groups in total. The number of hydrogen-bond acceptors (Lipinski definition) is 3. The lowest BCUT2D eigenvalue weighted by Gasteiger charge is -2.11. The van der Waals surface area contributed by atoms with Crippen molar-refractivity contribution >= 4 is 15.7 Å². The molecule has 6 heteroatoms. The molecule has 0 radical (unpaired) electrons. The number of methoxy groups -OCH3 is 1. The SMILES string of the molecule is [CH2+][N-]c1ccc(OC)c(S(N)(=O)=O)c1. The van der Waals surface area contributed by atoms with Gasteiger partial charge >= 0.3 is 0 Å². The third-order valence-corrected chi connectivity index (χ3v) is 2.57. The number of primary sulfonamides is 1. The van der Waals surface area contributed by atoms with Gasteiger partial charge in [-0.25, -0.2) is 13.6 Å². The monoisotopic (exact) mass is 214 g/mol. The van der Waals surface area contributed by atoms with Crippen LogP contribution in [0.2, 0.25) is 0 Å². The number of rotatable bonds is 3. The molecule has 0 fully saturated rings. The first-order valence-electron chi connectivity index (χ1n) is 3.66. The van der Waals surface area contributed by atoms with E-state index in [1.54, 1.807) is 6.07 Å². The molecule has 0 aliphatic heterocycles. The summed E-state index contributed by atoms with van der Waals surface area (Å²) in [5.74, 6) is 0.194. The van der Waals surface area contributed by atoms with E-state index in [2.05, 4.69) is 12.4 Å². The van der Waals surface area contributed by atoms with Crippen LogP contribution in [0.15, 0.2) is 23.1 Å². The molecular formula is C8H10N2O3S. The van der Waals surface area contributed by atoms with E-state index >= 15 is 0 Å². The fourth-order valence-corrected chi connectivity index (χ4v) is 1.70. The Balaban J connectivity index is 3.37. The van der Waals surface area contributed by atoms with Crippen molar-refractivity contribution in [3.8, 4) is 5.75 Å². The first-order valence-corrected chi connectivity index (χ1v) is 5.21. The zero-order valence-electron chi connectivity index (χ0n) is 7.60. The molecule has 0 saturated carbocycles. The second-order valence-corrected chi connectivity index (χ2v) is 4.07. The normalized spacial score (nSPS) is 11.0. The highest BCUT2D eigenvalue weighted by atomic mass is 32.2. The van der Waals surface area contributed by atoms with E-state index in [0.717, 1.165) is 0 Å². The minimum Gasteiger partial charge on any atom is -0.495 e. The molecule has 1 aromatic carbocycles. The number of hydrogen-bond donors (Lipinski definition) is 1. The molecule has 0 bridgehead atoms. The summed E-state index contributed by atoms with van der Waals surface area (Å²) in [5, 5.41) is 8.58. The van der Waals surface area contributed by atoms with Crippen LogP contribution in [0.5, 0.6) is 5.75 Å². The topological polar surface area (TPSA) is 83.5 Å². The predicted octanol–water partition coefficient (Wildman–Crippen LogP) is 1.14. The molecule has 76 valence electrons. The van der Waals surface area contributed by atoms with E-state index in [-0.39, 0.29) is 10.6 Å². The average Bonchev–Trinajstić information content (AvgIpc) is 2.15. The largest absolute Gasteiger partial charge is 0.495 e. The Morgan fingerprint density at radius 2 is 2.14 bits per heavy atom. The van der Waals surface area contributed by atoms with E-state index < -0.39 is 10.0 Å². The molecule has 0 heterocycles. The first kappa shape index (κ1) is 10.7. The first-order chi connectivity index (χ1) is 6.49. The van der Waals surface area contributed by atoms with Gasteiger partial charge in [-0.1, -0.05) is 12.1 Å². The molecule has 1 aromatic rings. The van der Waals surface area contributed by atoms with Crippen LogP contribution in [-0.4, -0.2) is 15.5 Å². The van der Waals surface area contributed by atoms with Gasteiger partial charge in [-0.05, 0) is 6.07 Å². The lowest BCUT2D eigenvalue weighted by molar-refractivity contribution is 0.403. The van der Waals surface area contributed by atoms with Crippen molar-refractivity contribution in [3.63, 3.8) is 0 Å². The van der Waals surface area contributed by atoms with Crippen LogP contribution in [0, 0.1) is 7.05 Å². The predicted molar refractivity (Wildman–Crippen MR) is 52.7 cm³/mol. The lowest BCUT2D eigenvalue weighted by atomic mass is 10.3. The van der Waals surface area contributed by atoms with Gasteiger partial charge in [0.05, 0.1) is 7.11 Å². The van der Waals surface area contributed by atoms with E-state index in [9.17, 15) is 8.42 Å². The molecule has 0 unspecified atom stereocenters. The number of nitrogens with two attached hydrogens (primary N) is 1. The average molecular weight is 214 g/mol. The van der Waals surface area contributed by atoms with Crippen LogP contribution in [0.25, 0.3) is 5.32 Å². The molecule has 0 spiro atoms. The van der Waals surface area contributed by atoms with E-state index in [0.29, 0.717) is 5.69 Å². The Morgan fingerprint density at radius 3 is 2.57 bits per heavy atom. The van der Waals surface area contributed by atoms with Crippen molar-refractivity contribution in [2.75, 3.05) is 7.11 Å². The third kappa shape index (κ3) is 2.09. The van der Waals surface area contributed by atoms with Gasteiger partial charge in [0, 0.05) is 7.05 Å². The molecule has 0 aromatic heterocycles. The number of sulfonamides is 1. The van der Waals surface area contributed by atoms with Crippen molar-refractivity contribution in [2.45, 2.75) is 4.90 Å². The Morgan fingerprint density at radius 1 is 1.50 bits per heavy atom. The van der Waals surface area contributed by atoms with Gasteiger partial charge in [-0.15, -0.1) is 5.69 Å². The van der Waals surface area contributed by atoms with Crippen LogP contribution in [0.3, 0.4) is 0 Å². The summed E-state index contributed by atoms with van der Waals surface area (Å²) in [6.45, 7) is 0. The Kier molecular flexibility index (Phi) is 2.87. The van der Waals surface area contributed by atoms with E-state index in [1.165, 1.54) is 19.2 Å². The van der Waals surface area contributed by atoms with E-state index in [4.69, 9.17) is 9.88 Å². The Labute approximate surface area is 82.9 Å². The van der Waals surface area contributed by atoms with Gasteiger partial charge in [0.15, 0.2) is 0 Å². The number of nitrogens with zero attached hydrogens (tertiary/aromatic N) is 1. The summed E-state index contributed by atoms with van der Waals surface area (Å²) in [6, 6.07) is 4.37. The van der Waals surface area contributed by atoms with Gasteiger partial charge in [-0.2, -0.15) is 0 Å². The molecule has 14 heavy (non-hydrogen) atoms. The minimum absolute atomic E-state index is 0.0927. The zero-order chi connectivity index (χ0) is 10.8. The fourth-order valence-electron chi connectivity index (χ4n) is 0.986. The summed E-state index contributed by atoms with van der Waals surface area (Å²) in [7, 11) is 0.858. The molecular weight excluding hydrogens is 204 g/mol. The molecule has 1 rings (SSSR count). The maximum atomic E-state index is 11.1. The van der Waals surface area contributed by atoms with Crippen LogP contribution in [0.1, 0.15) is 0 Å². The summed E-state index contributed by atoms with van der Waals surface area (Å²) < 4.78 is 27.1. The zero-order valence-corrected chi connectivity index (χ0v) is 8.41. The Hall–Kier alpha value is -1.40. The number of benzene rings is 1. The highest BCUT2D eigenvalue weighted by Gasteiger charge is 2.13. The second kappa shape index (κ2) is 3.77. The highest BCUT2D eigenvalue weighted by molar-refractivity contribution is 7.89. The fraction of sp³-hybridized carbons (Fsp3) is 0.125. The maximum absolute atomic E-state index is 11.1. The van der Waals surface area contributed by atoms with Crippen molar-refractivity contribution in [1.29, 1.82) is 0 Å². The summed E-state index contributed by atoms with van der Waals surface area (Å²) in [5.41, 5.74) is 0.426. The van der Waals surface area contributed by atoms with Crippen molar-refractivity contribution in [1.82, 2.24) is 0 Å². The second-order valence-electron chi connectivity index (χ2n) is 2.54. The van der Waals surface area contributed by atoms with Gasteiger partial charge in [0.2, 0.25) is 10.0 Å². The van der Waals surface area contributed by atoms with Crippen LogP contribution < -0.4 is 9.88 Å². The summed E-state index contributed by atoms with van der Waals surface area (Å²) in [4.78, 5) is -0.0927. The smallest absolute Gasteiger partial charge is 0.241 e. The molecule has 0 aliphatic rings. The summed E-state index contributed by atoms with van der Waals surface area (Å²) >= 11 is 0. The third-order valence-electron chi connectivity index (χ3n) is 1.64. The van der Waals surface area contributed by atoms with Crippen molar-refractivity contribution in [2.24, 2.45) is 5.14 Å². The van der Waals surface area contributed by atoms with E-state index in [1.807, 2.05) is 0 Å². The molecule has 0 amide bonds. The van der Waals surface area contributed by atoms with Crippen molar-refractivity contribution < 1.29 is 13.2 Å². The van der Waals surface area contributed by atoms with Crippen LogP contribution in [0.4, 0.5) is 5.69 Å². The highest BCUT2D eigenvalue weighted by Crippen LogP contribution is 2.28. The molecule has 0 atom stereocenters. The quantitative estimate of drug-likeness (QED) is 0.766. The van der Waals surface area contributed by atoms with Gasteiger partial charge < -0.3 is 10.1 Å².